The molecule has 7 heteroatoms. The highest BCUT2D eigenvalue weighted by molar-refractivity contribution is 6.01. The van der Waals surface area contributed by atoms with Gasteiger partial charge in [0.05, 0.1) is 14.2 Å². The number of fused-ring (bicyclic) bond motifs is 1. The summed E-state index contributed by atoms with van der Waals surface area (Å²) in [6.45, 7) is 4.80. The zero-order chi connectivity index (χ0) is 22.4. The molecule has 3 rings (SSSR count). The van der Waals surface area contributed by atoms with Gasteiger partial charge in [-0.3, -0.25) is 9.59 Å². The summed E-state index contributed by atoms with van der Waals surface area (Å²) in [4.78, 5) is 24.0. The summed E-state index contributed by atoms with van der Waals surface area (Å²) in [6, 6.07) is 9.27. The molecule has 31 heavy (non-hydrogen) atoms. The number of ether oxygens (including phenoxy) is 4. The van der Waals surface area contributed by atoms with E-state index in [1.165, 1.54) is 0 Å². The van der Waals surface area contributed by atoms with Gasteiger partial charge in [-0.1, -0.05) is 32.4 Å². The van der Waals surface area contributed by atoms with Crippen LogP contribution in [0.5, 0.6) is 17.2 Å². The summed E-state index contributed by atoms with van der Waals surface area (Å²) in [5.41, 5.74) is 3.21. The Bertz CT molecular complexity index is 955. The first kappa shape index (κ1) is 22.5. The van der Waals surface area contributed by atoms with Crippen molar-refractivity contribution in [3.63, 3.8) is 0 Å². The number of methoxy groups -OCH3 is 2. The van der Waals surface area contributed by atoms with Gasteiger partial charge in [-0.2, -0.15) is 0 Å². The topological polar surface area (TPSA) is 83.1 Å². The van der Waals surface area contributed by atoms with Crippen LogP contribution in [0.1, 0.15) is 42.6 Å². The van der Waals surface area contributed by atoms with Crippen LogP contribution in [0, 0.1) is 5.92 Å². The van der Waals surface area contributed by atoms with Gasteiger partial charge in [0.2, 0.25) is 5.75 Å². The summed E-state index contributed by atoms with van der Waals surface area (Å²) in [6.07, 6.45) is 1.32. The van der Waals surface area contributed by atoms with E-state index in [4.69, 9.17) is 18.9 Å². The molecule has 166 valence electrons. The maximum absolute atomic E-state index is 12.1. The first-order valence-electron chi connectivity index (χ1n) is 10.4. The zero-order valence-corrected chi connectivity index (χ0v) is 18.4. The minimum absolute atomic E-state index is 0.0898. The molecule has 7 nitrogen and oxygen atoms in total. The van der Waals surface area contributed by atoms with Crippen LogP contribution in [0.15, 0.2) is 30.3 Å². The van der Waals surface area contributed by atoms with E-state index in [-0.39, 0.29) is 31.0 Å². The van der Waals surface area contributed by atoms with E-state index in [9.17, 15) is 9.59 Å². The Morgan fingerprint density at radius 1 is 1.03 bits per heavy atom. The average Bonchev–Trinajstić information content (AvgIpc) is 3.17. The van der Waals surface area contributed by atoms with Crippen molar-refractivity contribution in [3.8, 4) is 28.4 Å². The smallest absolute Gasteiger partial charge is 0.306 e. The SMILES string of the molecule is CCC(C)CC(=O)OCCOc1c(-c2cccc3c2CNC3=O)ccc(OC)c1OC. The lowest BCUT2D eigenvalue weighted by Gasteiger charge is -2.19. The Morgan fingerprint density at radius 3 is 2.52 bits per heavy atom. The predicted molar refractivity (Wildman–Crippen MR) is 117 cm³/mol. The number of amides is 1. The number of carbonyl (C=O) groups is 2. The van der Waals surface area contributed by atoms with Gasteiger partial charge >= 0.3 is 5.97 Å². The lowest BCUT2D eigenvalue weighted by Crippen LogP contribution is -2.15. The monoisotopic (exact) mass is 427 g/mol. The fourth-order valence-corrected chi connectivity index (χ4v) is 3.55. The van der Waals surface area contributed by atoms with E-state index in [0.717, 1.165) is 23.1 Å². The number of benzene rings is 2. The number of carbonyl (C=O) groups excluding carboxylic acids is 2. The van der Waals surface area contributed by atoms with E-state index < -0.39 is 0 Å². The second kappa shape index (κ2) is 10.2. The molecule has 0 aromatic heterocycles. The minimum atomic E-state index is -0.235. The normalized spacial score (nSPS) is 13.2. The van der Waals surface area contributed by atoms with Crippen LogP contribution in [0.25, 0.3) is 11.1 Å². The quantitative estimate of drug-likeness (QED) is 0.456. The van der Waals surface area contributed by atoms with Gasteiger partial charge in [0, 0.05) is 24.1 Å². The molecular formula is C24H29NO6. The van der Waals surface area contributed by atoms with Gasteiger partial charge in [-0.15, -0.1) is 0 Å². The number of hydrogen-bond acceptors (Lipinski definition) is 6. The van der Waals surface area contributed by atoms with Crippen molar-refractivity contribution < 1.29 is 28.5 Å². The number of esters is 1. The van der Waals surface area contributed by atoms with Gasteiger partial charge in [0.1, 0.15) is 13.2 Å². The Kier molecular flexibility index (Phi) is 7.39. The predicted octanol–water partition coefficient (Wildman–Crippen LogP) is 3.97. The van der Waals surface area contributed by atoms with Gasteiger partial charge in [0.25, 0.3) is 5.91 Å². The summed E-state index contributed by atoms with van der Waals surface area (Å²) < 4.78 is 22.3. The van der Waals surface area contributed by atoms with Crippen molar-refractivity contribution in [2.75, 3.05) is 27.4 Å². The van der Waals surface area contributed by atoms with Crippen LogP contribution < -0.4 is 19.5 Å². The highest BCUT2D eigenvalue weighted by Gasteiger charge is 2.25. The first-order chi connectivity index (χ1) is 15.0. The molecule has 0 saturated carbocycles. The molecule has 1 aliphatic rings. The number of rotatable bonds is 10. The summed E-state index contributed by atoms with van der Waals surface area (Å²) >= 11 is 0. The van der Waals surface area contributed by atoms with Crippen LogP contribution in [0.3, 0.4) is 0 Å². The third kappa shape index (κ3) is 4.93. The molecule has 0 saturated heterocycles. The van der Waals surface area contributed by atoms with Crippen molar-refractivity contribution in [1.29, 1.82) is 0 Å². The van der Waals surface area contributed by atoms with E-state index >= 15 is 0 Å². The van der Waals surface area contributed by atoms with Gasteiger partial charge in [0.15, 0.2) is 11.5 Å². The van der Waals surface area contributed by atoms with Gasteiger partial charge < -0.3 is 24.3 Å². The average molecular weight is 427 g/mol. The fourth-order valence-electron chi connectivity index (χ4n) is 3.55. The Hall–Kier alpha value is -3.22. The van der Waals surface area contributed by atoms with Gasteiger partial charge in [-0.25, -0.2) is 0 Å². The van der Waals surface area contributed by atoms with E-state index in [0.29, 0.717) is 35.8 Å². The molecule has 1 aliphatic heterocycles. The molecule has 2 aromatic carbocycles. The number of nitrogens with one attached hydrogen (secondary N) is 1. The first-order valence-corrected chi connectivity index (χ1v) is 10.4. The van der Waals surface area contributed by atoms with Crippen LogP contribution in [-0.4, -0.2) is 39.3 Å². The molecule has 1 N–H and O–H groups in total. The Morgan fingerprint density at radius 2 is 1.81 bits per heavy atom. The van der Waals surface area contributed by atoms with Crippen LogP contribution in [0.2, 0.25) is 0 Å². The highest BCUT2D eigenvalue weighted by Crippen LogP contribution is 2.46. The van der Waals surface area contributed by atoms with Crippen molar-refractivity contribution in [3.05, 3.63) is 41.5 Å². The molecule has 1 unspecified atom stereocenters. The van der Waals surface area contributed by atoms with Crippen molar-refractivity contribution in [1.82, 2.24) is 5.32 Å². The summed E-state index contributed by atoms with van der Waals surface area (Å²) in [5.74, 6) is 1.41. The molecule has 0 aliphatic carbocycles. The van der Waals surface area contributed by atoms with Gasteiger partial charge in [-0.05, 0) is 35.2 Å². The molecule has 0 bridgehead atoms. The maximum Gasteiger partial charge on any atom is 0.306 e. The molecule has 0 spiro atoms. The Labute approximate surface area is 182 Å². The molecule has 1 heterocycles. The second-order valence-electron chi connectivity index (χ2n) is 7.48. The van der Waals surface area contributed by atoms with Crippen LogP contribution in [0.4, 0.5) is 0 Å². The third-order valence-electron chi connectivity index (χ3n) is 5.44. The minimum Gasteiger partial charge on any atom is -0.493 e. The largest absolute Gasteiger partial charge is 0.493 e. The van der Waals surface area contributed by atoms with E-state index in [1.807, 2.05) is 32.0 Å². The van der Waals surface area contributed by atoms with Crippen LogP contribution in [-0.2, 0) is 16.1 Å². The molecule has 2 aromatic rings. The lowest BCUT2D eigenvalue weighted by atomic mass is 9.95. The maximum atomic E-state index is 12.1. The van der Waals surface area contributed by atoms with Crippen molar-refractivity contribution >= 4 is 11.9 Å². The third-order valence-corrected chi connectivity index (χ3v) is 5.44. The van der Waals surface area contributed by atoms with E-state index in [2.05, 4.69) is 5.32 Å². The van der Waals surface area contributed by atoms with Crippen LogP contribution >= 0.6 is 0 Å². The van der Waals surface area contributed by atoms with Crippen molar-refractivity contribution in [2.24, 2.45) is 5.92 Å². The van der Waals surface area contributed by atoms with Crippen molar-refractivity contribution in [2.45, 2.75) is 33.2 Å². The summed E-state index contributed by atoms with van der Waals surface area (Å²) in [7, 11) is 3.10. The fraction of sp³-hybridized carbons (Fsp3) is 0.417. The lowest BCUT2D eigenvalue weighted by molar-refractivity contribution is -0.145. The Balaban J connectivity index is 1.85. The summed E-state index contributed by atoms with van der Waals surface area (Å²) in [5, 5.41) is 2.86. The zero-order valence-electron chi connectivity index (χ0n) is 18.4. The van der Waals surface area contributed by atoms with E-state index in [1.54, 1.807) is 26.4 Å². The highest BCUT2D eigenvalue weighted by atomic mass is 16.6. The second-order valence-corrected chi connectivity index (χ2v) is 7.48. The molecule has 0 fully saturated rings. The molecule has 1 atom stereocenters. The molecule has 1 amide bonds. The standard InChI is InChI=1S/C24H29NO6/c1-5-15(2)13-21(26)30-11-12-31-22-17(9-10-20(28-3)23(22)29-4)16-7-6-8-18-19(16)14-25-24(18)27/h6-10,15H,5,11-14H2,1-4H3,(H,25,27). The molecular weight excluding hydrogens is 398 g/mol. The molecule has 0 radical (unpaired) electrons. The number of hydrogen-bond donors (Lipinski definition) is 1.